The molecule has 0 aliphatic carbocycles. The SMILES string of the molecule is C[C@@H](NC(=O)/C(C#N)=C/c1ccc(F)cc1F)c1ccccc1. The van der Waals surface area contributed by atoms with Crippen LogP contribution in [0.4, 0.5) is 8.78 Å². The molecule has 0 saturated carbocycles. The van der Waals surface area contributed by atoms with Gasteiger partial charge in [0.25, 0.3) is 5.91 Å². The zero-order valence-electron chi connectivity index (χ0n) is 12.4. The van der Waals surface area contributed by atoms with Crippen LogP contribution in [0.2, 0.25) is 0 Å². The molecule has 2 rings (SSSR count). The van der Waals surface area contributed by atoms with Gasteiger partial charge in [-0.2, -0.15) is 5.26 Å². The lowest BCUT2D eigenvalue weighted by atomic mass is 10.1. The molecule has 23 heavy (non-hydrogen) atoms. The van der Waals surface area contributed by atoms with E-state index in [4.69, 9.17) is 5.26 Å². The second kappa shape index (κ2) is 7.32. The highest BCUT2D eigenvalue weighted by Gasteiger charge is 2.14. The number of hydrogen-bond donors (Lipinski definition) is 1. The van der Waals surface area contributed by atoms with E-state index < -0.39 is 17.5 Å². The van der Waals surface area contributed by atoms with Gasteiger partial charge in [0, 0.05) is 11.6 Å². The van der Waals surface area contributed by atoms with Gasteiger partial charge in [-0.15, -0.1) is 0 Å². The molecule has 0 saturated heterocycles. The van der Waals surface area contributed by atoms with Crippen LogP contribution in [0.25, 0.3) is 6.08 Å². The Kier molecular flexibility index (Phi) is 5.21. The van der Waals surface area contributed by atoms with Crippen LogP contribution < -0.4 is 5.32 Å². The highest BCUT2D eigenvalue weighted by atomic mass is 19.1. The van der Waals surface area contributed by atoms with E-state index in [1.54, 1.807) is 13.0 Å². The van der Waals surface area contributed by atoms with E-state index in [1.165, 1.54) is 6.07 Å². The van der Waals surface area contributed by atoms with Gasteiger partial charge in [-0.05, 0) is 30.7 Å². The van der Waals surface area contributed by atoms with Crippen molar-refractivity contribution >= 4 is 12.0 Å². The van der Waals surface area contributed by atoms with Crippen molar-refractivity contribution in [1.29, 1.82) is 5.26 Å². The van der Waals surface area contributed by atoms with Crippen molar-refractivity contribution < 1.29 is 13.6 Å². The van der Waals surface area contributed by atoms with Crippen molar-refractivity contribution in [2.45, 2.75) is 13.0 Å². The summed E-state index contributed by atoms with van der Waals surface area (Å²) in [6.45, 7) is 1.78. The largest absolute Gasteiger partial charge is 0.345 e. The molecule has 2 aromatic rings. The van der Waals surface area contributed by atoms with E-state index in [0.29, 0.717) is 6.07 Å². The first kappa shape index (κ1) is 16.4. The Balaban J connectivity index is 2.19. The number of amides is 1. The average Bonchev–Trinajstić information content (AvgIpc) is 2.54. The molecule has 1 amide bonds. The number of rotatable bonds is 4. The molecular formula is C18H14F2N2O. The Hall–Kier alpha value is -3.00. The fraction of sp³-hybridized carbons (Fsp3) is 0.111. The summed E-state index contributed by atoms with van der Waals surface area (Å²) in [7, 11) is 0. The molecule has 1 N–H and O–H groups in total. The summed E-state index contributed by atoms with van der Waals surface area (Å²) >= 11 is 0. The van der Waals surface area contributed by atoms with E-state index in [2.05, 4.69) is 5.32 Å². The summed E-state index contributed by atoms with van der Waals surface area (Å²) in [6.07, 6.45) is 1.10. The summed E-state index contributed by atoms with van der Waals surface area (Å²) in [4.78, 5) is 12.1. The maximum absolute atomic E-state index is 13.6. The quantitative estimate of drug-likeness (QED) is 0.690. The molecule has 0 bridgehead atoms. The van der Waals surface area contributed by atoms with Gasteiger partial charge in [-0.3, -0.25) is 4.79 Å². The highest BCUT2D eigenvalue weighted by Crippen LogP contribution is 2.15. The van der Waals surface area contributed by atoms with Gasteiger partial charge in [0.1, 0.15) is 23.3 Å². The predicted molar refractivity (Wildman–Crippen MR) is 82.9 cm³/mol. The summed E-state index contributed by atoms with van der Waals surface area (Å²) in [5, 5.41) is 11.8. The van der Waals surface area contributed by atoms with Crippen LogP contribution in [0.3, 0.4) is 0 Å². The summed E-state index contributed by atoms with van der Waals surface area (Å²) in [6, 6.07) is 13.6. The third-order valence-corrected chi connectivity index (χ3v) is 3.27. The van der Waals surface area contributed by atoms with Gasteiger partial charge in [0.05, 0.1) is 6.04 Å². The topological polar surface area (TPSA) is 52.9 Å². The highest BCUT2D eigenvalue weighted by molar-refractivity contribution is 6.01. The van der Waals surface area contributed by atoms with E-state index in [0.717, 1.165) is 17.7 Å². The molecule has 0 fully saturated rings. The van der Waals surface area contributed by atoms with Crippen molar-refractivity contribution in [3.05, 3.63) is 76.9 Å². The molecule has 2 aromatic carbocycles. The number of benzene rings is 2. The smallest absolute Gasteiger partial charge is 0.262 e. The Morgan fingerprint density at radius 2 is 1.91 bits per heavy atom. The van der Waals surface area contributed by atoms with E-state index in [9.17, 15) is 13.6 Å². The zero-order valence-corrected chi connectivity index (χ0v) is 12.4. The molecule has 0 aliphatic heterocycles. The first-order valence-corrected chi connectivity index (χ1v) is 6.94. The molecule has 3 nitrogen and oxygen atoms in total. The number of carbonyl (C=O) groups is 1. The first-order chi connectivity index (χ1) is 11.0. The van der Waals surface area contributed by atoms with Gasteiger partial charge < -0.3 is 5.32 Å². The van der Waals surface area contributed by atoms with E-state index >= 15 is 0 Å². The maximum Gasteiger partial charge on any atom is 0.262 e. The molecule has 0 spiro atoms. The van der Waals surface area contributed by atoms with Crippen molar-refractivity contribution in [2.24, 2.45) is 0 Å². The standard InChI is InChI=1S/C18H14F2N2O/c1-12(13-5-3-2-4-6-13)22-18(23)15(11-21)9-14-7-8-16(19)10-17(14)20/h2-10,12H,1H3,(H,22,23)/b15-9+/t12-/m1/s1. The first-order valence-electron chi connectivity index (χ1n) is 6.94. The molecule has 1 atom stereocenters. The van der Waals surface area contributed by atoms with E-state index in [1.807, 2.05) is 30.3 Å². The van der Waals surface area contributed by atoms with Crippen molar-refractivity contribution in [3.8, 4) is 6.07 Å². The minimum Gasteiger partial charge on any atom is -0.345 e. The zero-order chi connectivity index (χ0) is 16.8. The van der Waals surface area contributed by atoms with Crippen LogP contribution in [0, 0.1) is 23.0 Å². The molecule has 0 heterocycles. The minimum atomic E-state index is -0.832. The van der Waals surface area contributed by atoms with Crippen molar-refractivity contribution in [1.82, 2.24) is 5.32 Å². The monoisotopic (exact) mass is 312 g/mol. The number of halogens is 2. The van der Waals surface area contributed by atoms with Crippen LogP contribution in [-0.4, -0.2) is 5.91 Å². The van der Waals surface area contributed by atoms with Crippen molar-refractivity contribution in [2.75, 3.05) is 0 Å². The Morgan fingerprint density at radius 3 is 2.52 bits per heavy atom. The lowest BCUT2D eigenvalue weighted by Gasteiger charge is -2.13. The second-order valence-corrected chi connectivity index (χ2v) is 4.94. The molecule has 0 radical (unpaired) electrons. The number of nitrogens with one attached hydrogen (secondary N) is 1. The average molecular weight is 312 g/mol. The lowest BCUT2D eigenvalue weighted by molar-refractivity contribution is -0.117. The van der Waals surface area contributed by atoms with Crippen LogP contribution in [-0.2, 0) is 4.79 Å². The normalized spacial score (nSPS) is 12.3. The lowest BCUT2D eigenvalue weighted by Crippen LogP contribution is -2.27. The third-order valence-electron chi connectivity index (χ3n) is 3.27. The second-order valence-electron chi connectivity index (χ2n) is 4.94. The van der Waals surface area contributed by atoms with Gasteiger partial charge in [0.2, 0.25) is 0 Å². The fourth-order valence-electron chi connectivity index (χ4n) is 2.02. The molecule has 5 heteroatoms. The van der Waals surface area contributed by atoms with Crippen LogP contribution in [0.1, 0.15) is 24.1 Å². The van der Waals surface area contributed by atoms with Gasteiger partial charge in [-0.25, -0.2) is 8.78 Å². The van der Waals surface area contributed by atoms with Crippen LogP contribution in [0.15, 0.2) is 54.1 Å². The number of nitriles is 1. The third kappa shape index (κ3) is 4.24. The fourth-order valence-corrected chi connectivity index (χ4v) is 2.02. The molecule has 116 valence electrons. The Labute approximate surface area is 132 Å². The summed E-state index contributed by atoms with van der Waals surface area (Å²) in [5.74, 6) is -2.17. The number of hydrogen-bond acceptors (Lipinski definition) is 2. The van der Waals surface area contributed by atoms with Gasteiger partial charge in [-0.1, -0.05) is 30.3 Å². The van der Waals surface area contributed by atoms with Gasteiger partial charge in [0.15, 0.2) is 0 Å². The van der Waals surface area contributed by atoms with E-state index in [-0.39, 0.29) is 17.2 Å². The molecule has 0 unspecified atom stereocenters. The number of carbonyl (C=O) groups excluding carboxylic acids is 1. The number of nitrogens with zero attached hydrogens (tertiary/aromatic N) is 1. The molecular weight excluding hydrogens is 298 g/mol. The Bertz CT molecular complexity index is 779. The van der Waals surface area contributed by atoms with Crippen LogP contribution >= 0.6 is 0 Å². The van der Waals surface area contributed by atoms with Crippen LogP contribution in [0.5, 0.6) is 0 Å². The maximum atomic E-state index is 13.6. The van der Waals surface area contributed by atoms with Crippen molar-refractivity contribution in [3.63, 3.8) is 0 Å². The minimum absolute atomic E-state index is 0.0227. The molecule has 0 aromatic heterocycles. The molecule has 0 aliphatic rings. The Morgan fingerprint density at radius 1 is 1.22 bits per heavy atom. The van der Waals surface area contributed by atoms with Gasteiger partial charge >= 0.3 is 0 Å². The summed E-state index contributed by atoms with van der Waals surface area (Å²) < 4.78 is 26.5. The predicted octanol–water partition coefficient (Wildman–Crippen LogP) is 3.75. The summed E-state index contributed by atoms with van der Waals surface area (Å²) in [5.41, 5.74) is 0.606.